The van der Waals surface area contributed by atoms with Crippen molar-refractivity contribution < 1.29 is 23.1 Å². The van der Waals surface area contributed by atoms with Gasteiger partial charge >= 0.3 is 5.97 Å². The summed E-state index contributed by atoms with van der Waals surface area (Å²) in [4.78, 5) is 14.3. The van der Waals surface area contributed by atoms with Crippen molar-refractivity contribution >= 4 is 21.6 Å². The quantitative estimate of drug-likeness (QED) is 0.231. The summed E-state index contributed by atoms with van der Waals surface area (Å²) in [5.74, 6) is 2.69. The fraction of sp³-hybridized carbons (Fsp3) is 0.653. The van der Waals surface area contributed by atoms with Crippen LogP contribution in [0.4, 0.5) is 0 Å². The van der Waals surface area contributed by atoms with Crippen LogP contribution in [0.15, 0.2) is 71.7 Å². The number of piperazine rings is 1. The van der Waals surface area contributed by atoms with Crippen LogP contribution in [0.25, 0.3) is 5.57 Å². The number of benzene rings is 2. The molecule has 1 saturated heterocycles. The fourth-order valence-electron chi connectivity index (χ4n) is 14.9. The highest BCUT2D eigenvalue weighted by molar-refractivity contribution is 7.89. The van der Waals surface area contributed by atoms with Crippen molar-refractivity contribution in [2.75, 3.05) is 46.4 Å². The number of carbonyl (C=O) groups is 1. The van der Waals surface area contributed by atoms with E-state index < -0.39 is 16.0 Å². The first kappa shape index (κ1) is 41.7. The highest BCUT2D eigenvalue weighted by atomic mass is 32.2. The summed E-state index contributed by atoms with van der Waals surface area (Å²) in [6.45, 7) is 24.2. The van der Waals surface area contributed by atoms with Crippen LogP contribution in [0, 0.1) is 51.2 Å². The minimum Gasteiger partial charge on any atom is -0.497 e. The molecule has 8 nitrogen and oxygen atoms in total. The first-order valence-electron chi connectivity index (χ1n) is 22.2. The van der Waals surface area contributed by atoms with Crippen LogP contribution in [0.1, 0.15) is 115 Å². The van der Waals surface area contributed by atoms with Gasteiger partial charge in [0.05, 0.1) is 17.6 Å². The largest absolute Gasteiger partial charge is 0.497 e. The molecule has 58 heavy (non-hydrogen) atoms. The Morgan fingerprint density at radius 1 is 0.897 bits per heavy atom. The molecule has 4 saturated carbocycles. The number of rotatable bonds is 10. The Hall–Kier alpha value is -2.98. The number of methoxy groups -OCH3 is 1. The number of nitrogens with zero attached hydrogens (tertiary/aromatic N) is 2. The number of carboxylic acid groups (broad SMARTS) is 1. The van der Waals surface area contributed by atoms with E-state index >= 15 is 0 Å². The van der Waals surface area contributed by atoms with Gasteiger partial charge in [0, 0.05) is 50.9 Å². The lowest BCUT2D eigenvalue weighted by atomic mass is 9.33. The second-order valence-corrected chi connectivity index (χ2v) is 22.6. The predicted molar refractivity (Wildman–Crippen MR) is 232 cm³/mol. The summed E-state index contributed by atoms with van der Waals surface area (Å²) in [5.41, 5.74) is 5.10. The van der Waals surface area contributed by atoms with E-state index in [2.05, 4.69) is 64.4 Å². The standard InChI is InChI=1S/C49H69N3O5S/c1-33(2)38-18-23-49(50-26-27-51-28-30-52(31-29-51)58(55,56)37-11-9-10-36(32-37)57-8)25-24-47(6)40(43(38)49)16-17-42-46(5)21-19-39(34-12-14-35(15-13-34)44(53)54)45(3,4)41(46)20-22-48(42,47)7/h9-15,19,32,38,40-43,50H,1,16-18,20-31H2,2-8H3,(H,53,54)/t38-,40+,41?,42?,43?,46-,47+,48+,49-/m0/s1. The summed E-state index contributed by atoms with van der Waals surface area (Å²) >= 11 is 0. The topological polar surface area (TPSA) is 99.2 Å². The second-order valence-electron chi connectivity index (χ2n) is 20.6. The van der Waals surface area contributed by atoms with Crippen molar-refractivity contribution in [3.8, 4) is 5.75 Å². The van der Waals surface area contributed by atoms with Gasteiger partial charge in [0.2, 0.25) is 10.0 Å². The summed E-state index contributed by atoms with van der Waals surface area (Å²) < 4.78 is 33.9. The summed E-state index contributed by atoms with van der Waals surface area (Å²) in [5, 5.41) is 13.8. The zero-order chi connectivity index (χ0) is 41.5. The Balaban J connectivity index is 0.972. The van der Waals surface area contributed by atoms with Gasteiger partial charge in [-0.05, 0) is 151 Å². The molecule has 0 spiro atoms. The van der Waals surface area contributed by atoms with E-state index in [1.807, 2.05) is 12.1 Å². The van der Waals surface area contributed by atoms with Crippen molar-refractivity contribution in [1.82, 2.24) is 14.5 Å². The molecule has 2 N–H and O–H groups in total. The van der Waals surface area contributed by atoms with Gasteiger partial charge in [-0.1, -0.05) is 71.0 Å². The number of hydrogen-bond acceptors (Lipinski definition) is 6. The lowest BCUT2D eigenvalue weighted by Crippen LogP contribution is -2.68. The lowest BCUT2D eigenvalue weighted by Gasteiger charge is -2.72. The number of allylic oxidation sites excluding steroid dienone is 3. The monoisotopic (exact) mass is 811 g/mol. The van der Waals surface area contributed by atoms with Gasteiger partial charge in [-0.2, -0.15) is 4.31 Å². The van der Waals surface area contributed by atoms with Crippen LogP contribution in [0.5, 0.6) is 5.75 Å². The van der Waals surface area contributed by atoms with E-state index in [1.54, 1.807) is 47.8 Å². The molecular formula is C49H69N3O5S. The van der Waals surface area contributed by atoms with Crippen molar-refractivity contribution in [2.24, 2.45) is 51.2 Å². The molecule has 8 rings (SSSR count). The molecule has 9 atom stereocenters. The molecule has 5 fully saturated rings. The van der Waals surface area contributed by atoms with Gasteiger partial charge in [0.25, 0.3) is 0 Å². The van der Waals surface area contributed by atoms with Crippen molar-refractivity contribution in [3.63, 3.8) is 0 Å². The van der Waals surface area contributed by atoms with Gasteiger partial charge in [0.15, 0.2) is 0 Å². The van der Waals surface area contributed by atoms with Gasteiger partial charge in [-0.15, -0.1) is 0 Å². The first-order chi connectivity index (χ1) is 27.4. The Bertz CT molecular complexity index is 2050. The summed E-state index contributed by atoms with van der Waals surface area (Å²) in [6.07, 6.45) is 13.6. The van der Waals surface area contributed by atoms with E-state index in [9.17, 15) is 18.3 Å². The number of nitrogens with one attached hydrogen (secondary N) is 1. The highest BCUT2D eigenvalue weighted by Crippen LogP contribution is 2.76. The Kier molecular flexibility index (Phi) is 10.7. The first-order valence-corrected chi connectivity index (χ1v) is 23.7. The van der Waals surface area contributed by atoms with Gasteiger partial charge in [-0.25, -0.2) is 13.2 Å². The minimum atomic E-state index is -3.56. The highest BCUT2D eigenvalue weighted by Gasteiger charge is 2.70. The molecule has 0 amide bonds. The molecular weight excluding hydrogens is 743 g/mol. The molecule has 2 aromatic carbocycles. The third-order valence-corrected chi connectivity index (χ3v) is 19.9. The third kappa shape index (κ3) is 6.46. The SMILES string of the molecule is C=C(C)[C@@H]1CC[C@]2(NCCN3CCN(S(=O)(=O)c4cccc(OC)c4)CC3)CC[C@]3(C)[C@H](CCC4[C@@]5(C)CC=C(c6ccc(C(=O)O)cc6)C(C)(C)C5CC[C@]43C)C12. The molecule has 9 heteroatoms. The molecule has 6 aliphatic rings. The Labute approximate surface area is 348 Å². The number of sulfonamides is 1. The molecule has 1 aliphatic heterocycles. The molecule has 0 bridgehead atoms. The van der Waals surface area contributed by atoms with E-state index in [1.165, 1.54) is 68.1 Å². The van der Waals surface area contributed by atoms with Gasteiger partial charge in [0.1, 0.15) is 5.75 Å². The molecule has 1 heterocycles. The van der Waals surface area contributed by atoms with Crippen molar-refractivity contribution in [3.05, 3.63) is 77.9 Å². The van der Waals surface area contributed by atoms with Crippen LogP contribution in [-0.4, -0.2) is 80.6 Å². The number of ether oxygens (including phenoxy) is 1. The van der Waals surface area contributed by atoms with Gasteiger partial charge < -0.3 is 15.2 Å². The molecule has 3 unspecified atom stereocenters. The zero-order valence-electron chi connectivity index (χ0n) is 36.3. The molecule has 316 valence electrons. The normalized spacial score (nSPS) is 37.4. The van der Waals surface area contributed by atoms with Crippen LogP contribution in [0.2, 0.25) is 0 Å². The second kappa shape index (κ2) is 14.9. The molecule has 0 aromatic heterocycles. The third-order valence-electron chi connectivity index (χ3n) is 18.0. The number of hydrogen-bond donors (Lipinski definition) is 2. The number of carboxylic acids is 1. The fourth-order valence-corrected chi connectivity index (χ4v) is 16.4. The van der Waals surface area contributed by atoms with E-state index in [4.69, 9.17) is 4.74 Å². The van der Waals surface area contributed by atoms with E-state index in [0.29, 0.717) is 58.9 Å². The maximum Gasteiger partial charge on any atom is 0.335 e. The van der Waals surface area contributed by atoms with Crippen molar-refractivity contribution in [1.29, 1.82) is 0 Å². The maximum atomic E-state index is 13.5. The van der Waals surface area contributed by atoms with E-state index in [-0.39, 0.29) is 27.2 Å². The Morgan fingerprint density at radius 3 is 2.29 bits per heavy atom. The maximum absolute atomic E-state index is 13.5. The smallest absolute Gasteiger partial charge is 0.335 e. The van der Waals surface area contributed by atoms with Crippen LogP contribution >= 0.6 is 0 Å². The predicted octanol–water partition coefficient (Wildman–Crippen LogP) is 9.39. The number of aromatic carboxylic acids is 1. The molecule has 5 aliphatic carbocycles. The molecule has 2 aromatic rings. The zero-order valence-corrected chi connectivity index (χ0v) is 37.1. The average Bonchev–Trinajstić information content (AvgIpc) is 3.58. The Morgan fingerprint density at radius 2 is 1.62 bits per heavy atom. The summed E-state index contributed by atoms with van der Waals surface area (Å²) in [7, 11) is -2.00. The van der Waals surface area contributed by atoms with Crippen LogP contribution in [0.3, 0.4) is 0 Å². The van der Waals surface area contributed by atoms with Crippen LogP contribution in [-0.2, 0) is 10.0 Å². The van der Waals surface area contributed by atoms with Gasteiger partial charge in [-0.3, -0.25) is 4.90 Å². The van der Waals surface area contributed by atoms with Crippen molar-refractivity contribution in [2.45, 2.75) is 110 Å². The average molecular weight is 812 g/mol. The lowest BCUT2D eigenvalue weighted by molar-refractivity contribution is -0.219. The number of fused-ring (bicyclic) bond motifs is 7. The van der Waals surface area contributed by atoms with E-state index in [0.717, 1.165) is 32.6 Å². The van der Waals surface area contributed by atoms with Crippen LogP contribution < -0.4 is 10.1 Å². The summed E-state index contributed by atoms with van der Waals surface area (Å²) in [6, 6.07) is 14.4. The minimum absolute atomic E-state index is 0.00408. The molecule has 0 radical (unpaired) electrons.